The third kappa shape index (κ3) is 2.61. The maximum absolute atomic E-state index is 12.4. The first-order valence-electron chi connectivity index (χ1n) is 7.00. The Labute approximate surface area is 124 Å². The van der Waals surface area contributed by atoms with E-state index in [-0.39, 0.29) is 5.56 Å². The molecule has 1 aromatic carbocycles. The van der Waals surface area contributed by atoms with Gasteiger partial charge in [-0.1, -0.05) is 13.0 Å². The number of amides is 1. The van der Waals surface area contributed by atoms with Crippen molar-refractivity contribution < 1.29 is 4.79 Å². The maximum Gasteiger partial charge on any atom is 0.256 e. The van der Waals surface area contributed by atoms with Crippen LogP contribution in [-0.4, -0.2) is 10.9 Å². The lowest BCUT2D eigenvalue weighted by Gasteiger charge is -2.14. The van der Waals surface area contributed by atoms with E-state index in [1.165, 1.54) is 0 Å². The molecule has 0 bridgehead atoms. The van der Waals surface area contributed by atoms with Crippen molar-refractivity contribution in [1.82, 2.24) is 4.98 Å². The molecule has 0 saturated heterocycles. The van der Waals surface area contributed by atoms with Crippen molar-refractivity contribution in [2.75, 3.05) is 0 Å². The summed E-state index contributed by atoms with van der Waals surface area (Å²) >= 11 is 0. The Bertz CT molecular complexity index is 773. The van der Waals surface area contributed by atoms with E-state index in [0.717, 1.165) is 34.4 Å². The fourth-order valence-electron chi connectivity index (χ4n) is 2.69. The van der Waals surface area contributed by atoms with Crippen molar-refractivity contribution in [3.05, 3.63) is 56.5 Å². The first kappa shape index (κ1) is 15.0. The number of nitrogens with two attached hydrogens (primary N) is 1. The standard InChI is InChI=1S/C17H20N2O2/c1-5-12-8-9(2)19-17(21)15(12)13-6-7-14(16(18)20)11(4)10(13)3/h6-8H,5H2,1-4H3,(H2,18,20)(H,19,21). The first-order chi connectivity index (χ1) is 9.86. The Morgan fingerprint density at radius 1 is 1.19 bits per heavy atom. The van der Waals surface area contributed by atoms with Crippen molar-refractivity contribution in [3.8, 4) is 11.1 Å². The van der Waals surface area contributed by atoms with E-state index in [2.05, 4.69) is 4.98 Å². The Morgan fingerprint density at radius 2 is 1.86 bits per heavy atom. The second-order valence-electron chi connectivity index (χ2n) is 5.31. The minimum atomic E-state index is -0.448. The highest BCUT2D eigenvalue weighted by molar-refractivity contribution is 5.95. The number of nitrogens with one attached hydrogen (secondary N) is 1. The minimum absolute atomic E-state index is 0.0961. The number of pyridine rings is 1. The zero-order valence-electron chi connectivity index (χ0n) is 12.8. The molecule has 21 heavy (non-hydrogen) atoms. The van der Waals surface area contributed by atoms with E-state index in [1.807, 2.05) is 39.8 Å². The van der Waals surface area contributed by atoms with Gasteiger partial charge in [0.1, 0.15) is 0 Å². The van der Waals surface area contributed by atoms with E-state index >= 15 is 0 Å². The van der Waals surface area contributed by atoms with Crippen molar-refractivity contribution in [2.45, 2.75) is 34.1 Å². The fraction of sp³-hybridized carbons (Fsp3) is 0.294. The predicted molar refractivity (Wildman–Crippen MR) is 84.6 cm³/mol. The average molecular weight is 284 g/mol. The van der Waals surface area contributed by atoms with Crippen LogP contribution in [0, 0.1) is 20.8 Å². The predicted octanol–water partition coefficient (Wildman–Crippen LogP) is 2.63. The lowest BCUT2D eigenvalue weighted by Crippen LogP contribution is -2.16. The van der Waals surface area contributed by atoms with Crippen molar-refractivity contribution in [1.29, 1.82) is 0 Å². The summed E-state index contributed by atoms with van der Waals surface area (Å²) in [5.41, 5.74) is 10.9. The van der Waals surface area contributed by atoms with E-state index in [1.54, 1.807) is 6.07 Å². The summed E-state index contributed by atoms with van der Waals surface area (Å²) < 4.78 is 0. The quantitative estimate of drug-likeness (QED) is 0.909. The molecule has 0 aliphatic carbocycles. The number of aryl methyl sites for hydroxylation is 2. The fourth-order valence-corrected chi connectivity index (χ4v) is 2.69. The Morgan fingerprint density at radius 3 is 2.43 bits per heavy atom. The number of hydrogen-bond donors (Lipinski definition) is 2. The second-order valence-corrected chi connectivity index (χ2v) is 5.31. The number of aromatic amines is 1. The van der Waals surface area contributed by atoms with Crippen molar-refractivity contribution in [3.63, 3.8) is 0 Å². The molecule has 0 aliphatic rings. The average Bonchev–Trinajstić information content (AvgIpc) is 2.41. The topological polar surface area (TPSA) is 75.9 Å². The third-order valence-electron chi connectivity index (χ3n) is 3.95. The van der Waals surface area contributed by atoms with Gasteiger partial charge in [-0.15, -0.1) is 0 Å². The summed E-state index contributed by atoms with van der Waals surface area (Å²) in [6, 6.07) is 5.49. The number of carbonyl (C=O) groups is 1. The number of H-pyrrole nitrogens is 1. The summed E-state index contributed by atoms with van der Waals surface area (Å²) in [5.74, 6) is -0.448. The SMILES string of the molecule is CCc1cc(C)[nH]c(=O)c1-c1ccc(C(N)=O)c(C)c1C. The summed E-state index contributed by atoms with van der Waals surface area (Å²) in [6.07, 6.45) is 0.774. The van der Waals surface area contributed by atoms with Crippen LogP contribution in [0.2, 0.25) is 0 Å². The highest BCUT2D eigenvalue weighted by Crippen LogP contribution is 2.28. The molecular weight excluding hydrogens is 264 g/mol. The van der Waals surface area contributed by atoms with Crippen LogP contribution in [0.1, 0.15) is 39.7 Å². The van der Waals surface area contributed by atoms with Gasteiger partial charge in [0.25, 0.3) is 5.56 Å². The van der Waals surface area contributed by atoms with Crippen LogP contribution in [-0.2, 0) is 6.42 Å². The second kappa shape index (κ2) is 5.56. The van der Waals surface area contributed by atoms with Crippen LogP contribution < -0.4 is 11.3 Å². The molecular formula is C17H20N2O2. The number of benzene rings is 1. The molecule has 0 saturated carbocycles. The molecule has 2 rings (SSSR count). The van der Waals surface area contributed by atoms with Gasteiger partial charge in [0.05, 0.1) is 5.56 Å². The van der Waals surface area contributed by atoms with E-state index < -0.39 is 5.91 Å². The van der Waals surface area contributed by atoms with Gasteiger partial charge in [-0.2, -0.15) is 0 Å². The largest absolute Gasteiger partial charge is 0.366 e. The van der Waals surface area contributed by atoms with Gasteiger partial charge in [0.15, 0.2) is 0 Å². The van der Waals surface area contributed by atoms with Gasteiger partial charge in [0.2, 0.25) is 5.91 Å². The Kier molecular flexibility index (Phi) is 3.98. The van der Waals surface area contributed by atoms with Crippen LogP contribution in [0.15, 0.2) is 23.0 Å². The number of aromatic nitrogens is 1. The van der Waals surface area contributed by atoms with Crippen LogP contribution in [0.3, 0.4) is 0 Å². The van der Waals surface area contributed by atoms with Crippen LogP contribution >= 0.6 is 0 Å². The van der Waals surface area contributed by atoms with Crippen LogP contribution in [0.4, 0.5) is 0 Å². The Hall–Kier alpha value is -2.36. The molecule has 0 aliphatic heterocycles. The lowest BCUT2D eigenvalue weighted by molar-refractivity contribution is 0.0999. The molecule has 0 atom stereocenters. The molecule has 0 spiro atoms. The summed E-state index contributed by atoms with van der Waals surface area (Å²) in [6.45, 7) is 7.67. The van der Waals surface area contributed by atoms with Gasteiger partial charge >= 0.3 is 0 Å². The van der Waals surface area contributed by atoms with E-state index in [4.69, 9.17) is 5.73 Å². The molecule has 0 unspecified atom stereocenters. The van der Waals surface area contributed by atoms with Crippen molar-refractivity contribution in [2.24, 2.45) is 5.73 Å². The van der Waals surface area contributed by atoms with Crippen LogP contribution in [0.5, 0.6) is 0 Å². The number of hydrogen-bond acceptors (Lipinski definition) is 2. The molecule has 4 nitrogen and oxygen atoms in total. The summed E-state index contributed by atoms with van der Waals surface area (Å²) in [7, 11) is 0. The molecule has 1 aromatic heterocycles. The van der Waals surface area contributed by atoms with Gasteiger partial charge in [-0.05, 0) is 61.6 Å². The van der Waals surface area contributed by atoms with Gasteiger partial charge in [-0.3, -0.25) is 9.59 Å². The van der Waals surface area contributed by atoms with Gasteiger partial charge in [0, 0.05) is 11.3 Å². The lowest BCUT2D eigenvalue weighted by atomic mass is 9.91. The Balaban J connectivity index is 2.77. The zero-order chi connectivity index (χ0) is 15.7. The van der Waals surface area contributed by atoms with Gasteiger partial charge in [-0.25, -0.2) is 0 Å². The molecule has 4 heteroatoms. The zero-order valence-corrected chi connectivity index (χ0v) is 12.8. The molecule has 110 valence electrons. The molecule has 3 N–H and O–H groups in total. The molecule has 0 fully saturated rings. The highest BCUT2D eigenvalue weighted by Gasteiger charge is 2.16. The first-order valence-corrected chi connectivity index (χ1v) is 7.00. The minimum Gasteiger partial charge on any atom is -0.366 e. The highest BCUT2D eigenvalue weighted by atomic mass is 16.1. The normalized spacial score (nSPS) is 10.7. The molecule has 1 heterocycles. The molecule has 2 aromatic rings. The number of carbonyl (C=O) groups excluding carboxylic acids is 1. The van der Waals surface area contributed by atoms with E-state index in [0.29, 0.717) is 11.1 Å². The third-order valence-corrected chi connectivity index (χ3v) is 3.95. The smallest absolute Gasteiger partial charge is 0.256 e. The molecule has 1 amide bonds. The number of primary amides is 1. The van der Waals surface area contributed by atoms with Crippen molar-refractivity contribution >= 4 is 5.91 Å². The summed E-state index contributed by atoms with van der Waals surface area (Å²) in [5, 5.41) is 0. The summed E-state index contributed by atoms with van der Waals surface area (Å²) in [4.78, 5) is 26.6. The van der Waals surface area contributed by atoms with Gasteiger partial charge < -0.3 is 10.7 Å². The number of rotatable bonds is 3. The molecule has 0 radical (unpaired) electrons. The van der Waals surface area contributed by atoms with E-state index in [9.17, 15) is 9.59 Å². The van der Waals surface area contributed by atoms with Crippen LogP contribution in [0.25, 0.3) is 11.1 Å². The maximum atomic E-state index is 12.4. The monoisotopic (exact) mass is 284 g/mol.